The molecule has 0 aliphatic heterocycles. The van der Waals surface area contributed by atoms with Gasteiger partial charge in [0, 0.05) is 12.1 Å². The Bertz CT molecular complexity index is 738. The molecule has 1 atom stereocenters. The van der Waals surface area contributed by atoms with Gasteiger partial charge in [0.25, 0.3) is 5.91 Å². The van der Waals surface area contributed by atoms with Crippen molar-refractivity contribution >= 4 is 17.5 Å². The number of aromatic nitrogens is 1. The van der Waals surface area contributed by atoms with E-state index in [1.54, 1.807) is 31.2 Å². The van der Waals surface area contributed by atoms with Crippen LogP contribution in [0.25, 0.3) is 0 Å². The number of anilines is 1. The van der Waals surface area contributed by atoms with Gasteiger partial charge < -0.3 is 19.3 Å². The van der Waals surface area contributed by atoms with E-state index in [4.69, 9.17) is 14.0 Å². The number of nitrogens with one attached hydrogen (secondary N) is 1. The van der Waals surface area contributed by atoms with Crippen molar-refractivity contribution in [3.05, 3.63) is 35.6 Å². The van der Waals surface area contributed by atoms with Crippen LogP contribution < -0.4 is 14.8 Å². The lowest BCUT2D eigenvalue weighted by atomic mass is 10.1. The van der Waals surface area contributed by atoms with Gasteiger partial charge in [-0.3, -0.25) is 9.59 Å². The summed E-state index contributed by atoms with van der Waals surface area (Å²) < 4.78 is 15.8. The van der Waals surface area contributed by atoms with Crippen LogP contribution in [0.5, 0.6) is 11.5 Å². The second kappa shape index (κ2) is 7.63. The highest BCUT2D eigenvalue weighted by molar-refractivity contribution is 5.97. The molecule has 0 spiro atoms. The lowest BCUT2D eigenvalue weighted by molar-refractivity contribution is -0.122. The summed E-state index contributed by atoms with van der Waals surface area (Å²) in [4.78, 5) is 24.1. The van der Waals surface area contributed by atoms with Crippen LogP contribution >= 0.6 is 0 Å². The number of aryl methyl sites for hydroxylation is 1. The van der Waals surface area contributed by atoms with Crippen LogP contribution in [-0.4, -0.2) is 30.1 Å². The summed E-state index contributed by atoms with van der Waals surface area (Å²) in [6.07, 6.45) is -0.371. The molecule has 1 heterocycles. The van der Waals surface area contributed by atoms with Crippen molar-refractivity contribution in [2.24, 2.45) is 0 Å². The monoisotopic (exact) mass is 332 g/mol. The minimum Gasteiger partial charge on any atom is -0.497 e. The van der Waals surface area contributed by atoms with E-state index in [2.05, 4.69) is 10.5 Å². The predicted molar refractivity (Wildman–Crippen MR) is 87.6 cm³/mol. The second-order valence-corrected chi connectivity index (χ2v) is 5.25. The van der Waals surface area contributed by atoms with Crippen molar-refractivity contribution < 1.29 is 23.6 Å². The zero-order valence-corrected chi connectivity index (χ0v) is 14.1. The molecule has 2 aromatic rings. The normalized spacial score (nSPS) is 11.7. The number of Topliss-reactive ketones (excluding diaryl/α,β-unsaturated/α-hetero) is 1. The lowest BCUT2D eigenvalue weighted by Crippen LogP contribution is -2.32. The Morgan fingerprint density at radius 2 is 2.08 bits per heavy atom. The molecule has 2 rings (SSSR count). The summed E-state index contributed by atoms with van der Waals surface area (Å²) in [5.74, 6) is 1.22. The first kappa shape index (κ1) is 17.5. The molecule has 7 heteroatoms. The van der Waals surface area contributed by atoms with Crippen LogP contribution in [0.15, 0.2) is 28.8 Å². The van der Waals surface area contributed by atoms with Crippen molar-refractivity contribution in [2.45, 2.75) is 33.3 Å². The van der Waals surface area contributed by atoms with E-state index in [9.17, 15) is 9.59 Å². The van der Waals surface area contributed by atoms with Gasteiger partial charge in [-0.15, -0.1) is 0 Å². The number of hydrogen-bond acceptors (Lipinski definition) is 6. The van der Waals surface area contributed by atoms with Gasteiger partial charge in [0.1, 0.15) is 17.3 Å². The highest BCUT2D eigenvalue weighted by Gasteiger charge is 2.22. The van der Waals surface area contributed by atoms with Crippen molar-refractivity contribution in [1.82, 2.24) is 5.16 Å². The molecule has 1 N–H and O–H groups in total. The van der Waals surface area contributed by atoms with Crippen molar-refractivity contribution in [3.63, 3.8) is 0 Å². The minimum atomic E-state index is -0.785. The molecule has 0 aliphatic carbocycles. The topological polar surface area (TPSA) is 90.7 Å². The van der Waals surface area contributed by atoms with Gasteiger partial charge in [-0.25, -0.2) is 0 Å². The number of ether oxygens (including phenoxy) is 2. The van der Waals surface area contributed by atoms with Crippen molar-refractivity contribution in [2.75, 3.05) is 12.4 Å². The molecule has 24 heavy (non-hydrogen) atoms. The maximum Gasteiger partial charge on any atom is 0.266 e. The molecule has 0 bridgehead atoms. The number of ketones is 1. The molecule has 0 saturated heterocycles. The summed E-state index contributed by atoms with van der Waals surface area (Å²) in [5, 5.41) is 6.34. The van der Waals surface area contributed by atoms with Crippen LogP contribution in [0.1, 0.15) is 36.4 Å². The van der Waals surface area contributed by atoms with Crippen LogP contribution in [-0.2, 0) is 4.79 Å². The fraction of sp³-hybridized carbons (Fsp3) is 0.353. The van der Waals surface area contributed by atoms with E-state index >= 15 is 0 Å². The molecule has 0 aliphatic rings. The number of amides is 1. The fourth-order valence-corrected chi connectivity index (χ4v) is 2.13. The number of methoxy groups -OCH3 is 1. The summed E-state index contributed by atoms with van der Waals surface area (Å²) in [5.41, 5.74) is 0.388. The largest absolute Gasteiger partial charge is 0.497 e. The summed E-state index contributed by atoms with van der Waals surface area (Å²) >= 11 is 0. The predicted octanol–water partition coefficient (Wildman–Crippen LogP) is 2.99. The third-order valence-corrected chi connectivity index (χ3v) is 3.38. The molecule has 7 nitrogen and oxygen atoms in total. The van der Waals surface area contributed by atoms with E-state index in [-0.39, 0.29) is 11.7 Å². The quantitative estimate of drug-likeness (QED) is 0.784. The number of carbonyl (C=O) groups is 2. The maximum absolute atomic E-state index is 12.4. The van der Waals surface area contributed by atoms with Crippen molar-refractivity contribution in [1.29, 1.82) is 0 Å². The molecule has 0 fully saturated rings. The molecule has 128 valence electrons. The first-order valence-corrected chi connectivity index (χ1v) is 7.54. The van der Waals surface area contributed by atoms with E-state index in [0.29, 0.717) is 35.1 Å². The van der Waals surface area contributed by atoms with Gasteiger partial charge in [0.2, 0.25) is 0 Å². The van der Waals surface area contributed by atoms with Crippen molar-refractivity contribution in [3.8, 4) is 11.5 Å². The van der Waals surface area contributed by atoms with Crippen LogP contribution in [0.4, 0.5) is 5.82 Å². The third kappa shape index (κ3) is 4.13. The SMILES string of the molecule is CC[C@@H](Oc1cc(OC)ccc1C(C)=O)C(=O)Nc1cc(C)on1. The molecular weight excluding hydrogens is 312 g/mol. The fourth-order valence-electron chi connectivity index (χ4n) is 2.13. The standard InChI is InChI=1S/C17H20N2O5/c1-5-14(17(21)18-16-8-10(2)24-19-16)23-15-9-12(22-4)6-7-13(15)11(3)20/h6-9,14H,5H2,1-4H3,(H,18,19,21)/t14-/m1/s1. The summed E-state index contributed by atoms with van der Waals surface area (Å²) in [6, 6.07) is 6.48. The highest BCUT2D eigenvalue weighted by Crippen LogP contribution is 2.27. The average molecular weight is 332 g/mol. The Labute approximate surface area is 139 Å². The number of hydrogen-bond donors (Lipinski definition) is 1. The molecule has 1 aromatic heterocycles. The zero-order valence-electron chi connectivity index (χ0n) is 14.1. The average Bonchev–Trinajstić information content (AvgIpc) is 2.96. The molecule has 0 saturated carbocycles. The van der Waals surface area contributed by atoms with E-state index in [1.165, 1.54) is 14.0 Å². The van der Waals surface area contributed by atoms with E-state index in [0.717, 1.165) is 0 Å². The van der Waals surface area contributed by atoms with Gasteiger partial charge in [0.05, 0.1) is 12.7 Å². The highest BCUT2D eigenvalue weighted by atomic mass is 16.5. The van der Waals surface area contributed by atoms with E-state index < -0.39 is 6.10 Å². The van der Waals surface area contributed by atoms with Gasteiger partial charge in [-0.2, -0.15) is 0 Å². The molecular formula is C17H20N2O5. The number of benzene rings is 1. The Balaban J connectivity index is 2.19. The second-order valence-electron chi connectivity index (χ2n) is 5.25. The molecule has 0 radical (unpaired) electrons. The molecule has 1 aromatic carbocycles. The molecule has 1 amide bonds. The Morgan fingerprint density at radius 3 is 2.62 bits per heavy atom. The third-order valence-electron chi connectivity index (χ3n) is 3.38. The van der Waals surface area contributed by atoms with Crippen LogP contribution in [0.3, 0.4) is 0 Å². The first-order valence-electron chi connectivity index (χ1n) is 7.54. The van der Waals surface area contributed by atoms with Gasteiger partial charge in [-0.05, 0) is 32.4 Å². The Hall–Kier alpha value is -2.83. The van der Waals surface area contributed by atoms with Gasteiger partial charge >= 0.3 is 0 Å². The summed E-state index contributed by atoms with van der Waals surface area (Å²) in [6.45, 7) is 4.98. The lowest BCUT2D eigenvalue weighted by Gasteiger charge is -2.18. The van der Waals surface area contributed by atoms with Gasteiger partial charge in [-0.1, -0.05) is 12.1 Å². The first-order chi connectivity index (χ1) is 11.4. The smallest absolute Gasteiger partial charge is 0.266 e. The Morgan fingerprint density at radius 1 is 1.33 bits per heavy atom. The zero-order chi connectivity index (χ0) is 17.7. The van der Waals surface area contributed by atoms with Gasteiger partial charge in [0.15, 0.2) is 17.7 Å². The number of nitrogens with zero attached hydrogens (tertiary/aromatic N) is 1. The number of carbonyl (C=O) groups excluding carboxylic acids is 2. The Kier molecular flexibility index (Phi) is 5.57. The maximum atomic E-state index is 12.4. The van der Waals surface area contributed by atoms with E-state index in [1.807, 2.05) is 6.92 Å². The van der Waals surface area contributed by atoms with Crippen LogP contribution in [0.2, 0.25) is 0 Å². The minimum absolute atomic E-state index is 0.157. The van der Waals surface area contributed by atoms with Crippen LogP contribution in [0, 0.1) is 6.92 Å². The summed E-state index contributed by atoms with van der Waals surface area (Å²) in [7, 11) is 1.52. The molecule has 0 unspecified atom stereocenters. The number of rotatable bonds is 7.